The van der Waals surface area contributed by atoms with Crippen molar-refractivity contribution >= 4 is 17.7 Å². The molecule has 6 heteroatoms. The normalized spacial score (nSPS) is 18.1. The molecule has 1 amide bonds. The van der Waals surface area contributed by atoms with Gasteiger partial charge in [-0.3, -0.25) is 9.89 Å². The van der Waals surface area contributed by atoms with E-state index in [-0.39, 0.29) is 11.7 Å². The molecule has 1 aromatic heterocycles. The van der Waals surface area contributed by atoms with Gasteiger partial charge in [0.1, 0.15) is 5.82 Å². The number of piperidine rings is 1. The van der Waals surface area contributed by atoms with E-state index in [9.17, 15) is 9.18 Å². The number of nitrogens with one attached hydrogen (secondary N) is 1. The summed E-state index contributed by atoms with van der Waals surface area (Å²) in [5, 5.41) is 6.99. The van der Waals surface area contributed by atoms with Crippen LogP contribution in [-0.2, 0) is 4.79 Å². The lowest BCUT2D eigenvalue weighted by Crippen LogP contribution is -2.39. The van der Waals surface area contributed by atoms with Gasteiger partial charge in [-0.05, 0) is 31.0 Å². The first-order chi connectivity index (χ1) is 11.2. The molecule has 2 heterocycles. The van der Waals surface area contributed by atoms with Gasteiger partial charge in [-0.2, -0.15) is 5.10 Å². The molecule has 2 aromatic rings. The molecule has 0 bridgehead atoms. The molecule has 1 N–H and O–H groups in total. The Morgan fingerprint density at radius 3 is 3.04 bits per heavy atom. The number of carbonyl (C=O) groups is 1. The minimum atomic E-state index is -0.220. The fourth-order valence-corrected chi connectivity index (χ4v) is 3.80. The Hall–Kier alpha value is -1.82. The van der Waals surface area contributed by atoms with Gasteiger partial charge in [0.15, 0.2) is 0 Å². The average molecular weight is 333 g/mol. The van der Waals surface area contributed by atoms with E-state index in [1.807, 2.05) is 17.0 Å². The molecule has 0 spiro atoms. The van der Waals surface area contributed by atoms with Crippen molar-refractivity contribution in [3.8, 4) is 0 Å². The zero-order chi connectivity index (χ0) is 16.1. The Labute approximate surface area is 139 Å². The van der Waals surface area contributed by atoms with Crippen LogP contribution in [0.2, 0.25) is 0 Å². The van der Waals surface area contributed by atoms with Crippen LogP contribution in [-0.4, -0.2) is 39.8 Å². The van der Waals surface area contributed by atoms with Crippen molar-refractivity contribution in [3.63, 3.8) is 0 Å². The largest absolute Gasteiger partial charge is 0.342 e. The van der Waals surface area contributed by atoms with E-state index in [0.29, 0.717) is 23.0 Å². The molecule has 1 saturated heterocycles. The minimum absolute atomic E-state index is 0.151. The van der Waals surface area contributed by atoms with E-state index in [0.717, 1.165) is 31.6 Å². The number of aromatic amines is 1. The van der Waals surface area contributed by atoms with Crippen LogP contribution in [0.1, 0.15) is 30.9 Å². The van der Waals surface area contributed by atoms with E-state index < -0.39 is 0 Å². The first kappa shape index (κ1) is 16.1. The zero-order valence-electron chi connectivity index (χ0n) is 12.9. The fraction of sp³-hybridized carbons (Fsp3) is 0.412. The smallest absolute Gasteiger partial charge is 0.223 e. The number of halogens is 1. The van der Waals surface area contributed by atoms with Gasteiger partial charge in [0.05, 0.1) is 0 Å². The Morgan fingerprint density at radius 1 is 1.39 bits per heavy atom. The van der Waals surface area contributed by atoms with Gasteiger partial charge >= 0.3 is 0 Å². The monoisotopic (exact) mass is 333 g/mol. The lowest BCUT2D eigenvalue weighted by molar-refractivity contribution is -0.131. The molecule has 122 valence electrons. The lowest BCUT2D eigenvalue weighted by Gasteiger charge is -2.32. The summed E-state index contributed by atoms with van der Waals surface area (Å²) >= 11 is 1.40. The minimum Gasteiger partial charge on any atom is -0.342 e. The predicted octanol–water partition coefficient (Wildman–Crippen LogP) is 3.44. The highest BCUT2D eigenvalue weighted by Crippen LogP contribution is 2.26. The summed E-state index contributed by atoms with van der Waals surface area (Å²) < 4.78 is 13.6. The van der Waals surface area contributed by atoms with Gasteiger partial charge in [-0.1, -0.05) is 12.1 Å². The van der Waals surface area contributed by atoms with Crippen LogP contribution in [0.4, 0.5) is 4.39 Å². The second-order valence-corrected chi connectivity index (χ2v) is 6.86. The molecule has 0 radical (unpaired) electrons. The van der Waals surface area contributed by atoms with Gasteiger partial charge in [-0.25, -0.2) is 4.39 Å². The number of benzene rings is 1. The standard InChI is InChI=1S/C17H20FN3OS/c18-14-5-1-2-6-16(14)23-11-8-17(22)21-10-3-4-13(12-21)15-7-9-19-20-15/h1-2,5-7,9,13H,3-4,8,10-12H2,(H,19,20)/t13-/m1/s1. The quantitative estimate of drug-likeness (QED) is 0.853. The van der Waals surface area contributed by atoms with Crippen molar-refractivity contribution in [3.05, 3.63) is 48.0 Å². The van der Waals surface area contributed by atoms with Crippen LogP contribution < -0.4 is 0 Å². The number of hydrogen-bond acceptors (Lipinski definition) is 3. The van der Waals surface area contributed by atoms with Crippen LogP contribution in [0.15, 0.2) is 41.4 Å². The molecule has 0 aliphatic carbocycles. The number of nitrogens with zero attached hydrogens (tertiary/aromatic N) is 2. The number of thioether (sulfide) groups is 1. The first-order valence-electron chi connectivity index (χ1n) is 7.88. The zero-order valence-corrected chi connectivity index (χ0v) is 13.7. The number of rotatable bonds is 5. The summed E-state index contributed by atoms with van der Waals surface area (Å²) in [6, 6.07) is 8.66. The average Bonchev–Trinajstić information content (AvgIpc) is 3.11. The maximum absolute atomic E-state index is 13.6. The van der Waals surface area contributed by atoms with E-state index in [4.69, 9.17) is 0 Å². The van der Waals surface area contributed by atoms with Crippen molar-refractivity contribution in [1.29, 1.82) is 0 Å². The highest BCUT2D eigenvalue weighted by Gasteiger charge is 2.25. The topological polar surface area (TPSA) is 49.0 Å². The van der Waals surface area contributed by atoms with E-state index in [1.165, 1.54) is 17.8 Å². The number of aromatic nitrogens is 2. The molecular formula is C17H20FN3OS. The summed E-state index contributed by atoms with van der Waals surface area (Å²) in [6.07, 6.45) is 4.28. The molecular weight excluding hydrogens is 313 g/mol. The van der Waals surface area contributed by atoms with Gasteiger partial charge in [-0.15, -0.1) is 11.8 Å². The Bertz CT molecular complexity index is 647. The predicted molar refractivity (Wildman–Crippen MR) is 88.9 cm³/mol. The van der Waals surface area contributed by atoms with Crippen LogP contribution >= 0.6 is 11.8 Å². The number of hydrogen-bond donors (Lipinski definition) is 1. The second kappa shape index (κ2) is 7.64. The first-order valence-corrected chi connectivity index (χ1v) is 8.87. The van der Waals surface area contributed by atoms with Crippen LogP contribution in [0, 0.1) is 5.82 Å². The van der Waals surface area contributed by atoms with Crippen LogP contribution in [0.5, 0.6) is 0 Å². The summed E-state index contributed by atoms with van der Waals surface area (Å²) in [4.78, 5) is 14.9. The van der Waals surface area contributed by atoms with Crippen molar-refractivity contribution in [2.75, 3.05) is 18.8 Å². The van der Waals surface area contributed by atoms with E-state index >= 15 is 0 Å². The third-order valence-electron chi connectivity index (χ3n) is 4.15. The third-order valence-corrected chi connectivity index (χ3v) is 5.20. The highest BCUT2D eigenvalue weighted by atomic mass is 32.2. The molecule has 23 heavy (non-hydrogen) atoms. The van der Waals surface area contributed by atoms with Gasteiger partial charge < -0.3 is 4.90 Å². The summed E-state index contributed by atoms with van der Waals surface area (Å²) in [6.45, 7) is 1.55. The summed E-state index contributed by atoms with van der Waals surface area (Å²) in [5.41, 5.74) is 1.10. The number of H-pyrrole nitrogens is 1. The van der Waals surface area contributed by atoms with Crippen LogP contribution in [0.25, 0.3) is 0 Å². The van der Waals surface area contributed by atoms with Crippen molar-refractivity contribution < 1.29 is 9.18 Å². The Balaban J connectivity index is 1.49. The molecule has 1 aliphatic rings. The van der Waals surface area contributed by atoms with Crippen LogP contribution in [0.3, 0.4) is 0 Å². The van der Waals surface area contributed by atoms with Crippen molar-refractivity contribution in [2.24, 2.45) is 0 Å². The van der Waals surface area contributed by atoms with Gasteiger partial charge in [0, 0.05) is 48.0 Å². The third kappa shape index (κ3) is 4.13. The molecule has 1 aromatic carbocycles. The van der Waals surface area contributed by atoms with Crippen molar-refractivity contribution in [2.45, 2.75) is 30.1 Å². The Morgan fingerprint density at radius 2 is 2.26 bits per heavy atom. The molecule has 0 saturated carbocycles. The highest BCUT2D eigenvalue weighted by molar-refractivity contribution is 7.99. The maximum atomic E-state index is 13.6. The summed E-state index contributed by atoms with van der Waals surface area (Å²) in [5.74, 6) is 0.875. The number of likely N-dealkylation sites (tertiary alicyclic amines) is 1. The van der Waals surface area contributed by atoms with Gasteiger partial charge in [0.25, 0.3) is 0 Å². The number of amides is 1. The second-order valence-electron chi connectivity index (χ2n) is 5.72. The number of carbonyl (C=O) groups excluding carboxylic acids is 1. The fourth-order valence-electron chi connectivity index (χ4n) is 2.92. The molecule has 0 unspecified atom stereocenters. The molecule has 3 rings (SSSR count). The molecule has 1 aliphatic heterocycles. The maximum Gasteiger partial charge on any atom is 0.223 e. The Kier molecular flexibility index (Phi) is 5.33. The van der Waals surface area contributed by atoms with Gasteiger partial charge in [0.2, 0.25) is 5.91 Å². The van der Waals surface area contributed by atoms with E-state index in [1.54, 1.807) is 18.3 Å². The van der Waals surface area contributed by atoms with E-state index in [2.05, 4.69) is 10.2 Å². The summed E-state index contributed by atoms with van der Waals surface area (Å²) in [7, 11) is 0. The SMILES string of the molecule is O=C(CCSc1ccccc1F)N1CCC[C@@H](c2ccn[nH]2)C1. The molecule has 4 nitrogen and oxygen atoms in total. The molecule has 1 atom stereocenters. The van der Waals surface area contributed by atoms with Crippen molar-refractivity contribution in [1.82, 2.24) is 15.1 Å². The molecule has 1 fully saturated rings. The lowest BCUT2D eigenvalue weighted by atomic mass is 9.95.